The van der Waals surface area contributed by atoms with E-state index in [9.17, 15) is 23.1 Å². The molecule has 3 aromatic rings. The number of rotatable bonds is 15. The lowest BCUT2D eigenvalue weighted by Gasteiger charge is -2.31. The molecule has 0 spiro atoms. The third-order valence-electron chi connectivity index (χ3n) is 8.61. The molecule has 0 bridgehead atoms. The number of sulfonamides is 1. The van der Waals surface area contributed by atoms with Crippen LogP contribution in [0.1, 0.15) is 52.2 Å². The third-order valence-corrected chi connectivity index (χ3v) is 11.1. The number of nitrogens with one attached hydrogen (secondary N) is 2. The summed E-state index contributed by atoms with van der Waals surface area (Å²) in [7, 11) is -4.16. The number of halogens is 1. The van der Waals surface area contributed by atoms with Crippen molar-refractivity contribution in [1.29, 1.82) is 0 Å². The number of carbonyl (C=O) groups excluding carboxylic acids is 2. The van der Waals surface area contributed by atoms with E-state index in [0.717, 1.165) is 5.56 Å². The Hall–Kier alpha value is -3.05. The summed E-state index contributed by atoms with van der Waals surface area (Å²) in [5.74, 6) is -0.564. The highest BCUT2D eigenvalue weighted by Crippen LogP contribution is 2.34. The number of alkyl carbamates (subject to hydrolysis) is 1. The van der Waals surface area contributed by atoms with Gasteiger partial charge in [-0.2, -0.15) is 4.31 Å². The highest BCUT2D eigenvalue weighted by Gasteiger charge is 2.44. The number of amides is 1. The first kappa shape index (κ1) is 39.2. The third kappa shape index (κ3) is 10.3. The summed E-state index contributed by atoms with van der Waals surface area (Å²) >= 11 is 3.42. The lowest BCUT2D eigenvalue weighted by Crippen LogP contribution is -2.51. The van der Waals surface area contributed by atoms with Gasteiger partial charge in [0.2, 0.25) is 10.0 Å². The first-order chi connectivity index (χ1) is 24.1. The van der Waals surface area contributed by atoms with Gasteiger partial charge < -0.3 is 39.1 Å². The van der Waals surface area contributed by atoms with E-state index < -0.39 is 52.2 Å². The minimum Gasteiger partial charge on any atom is -0.459 e. The van der Waals surface area contributed by atoms with Gasteiger partial charge in [-0.3, -0.25) is 4.79 Å². The molecule has 0 radical (unpaired) electrons. The van der Waals surface area contributed by atoms with Gasteiger partial charge in [0.05, 0.1) is 42.7 Å². The number of fused-ring (bicyclic) bond motifs is 2. The summed E-state index contributed by atoms with van der Waals surface area (Å²) in [6, 6.07) is 13.0. The van der Waals surface area contributed by atoms with Crippen molar-refractivity contribution in [3.63, 3.8) is 0 Å². The van der Waals surface area contributed by atoms with E-state index in [2.05, 4.69) is 26.6 Å². The standard InChI is InChI=1S/C36H48BrN3O10S/c1-22(2)19-40(51(44,45)24-11-12-30-26(16-24)27(33(37)48-30)17-38-18-32(42)50-36(3,4)5)20-29(41)28(15-23-9-7-6-8-10-23)39-35(43)49-31-21-47-34-25(31)13-14-46-34/h6-12,16,22,25,28-29,31,34,38,41H,13-15,17-21H2,1-5H3,(H,39,43)/t25-,28-,29+,31?,34+/m0/s1. The number of hydrogen-bond acceptors (Lipinski definition) is 11. The number of esters is 1. The highest BCUT2D eigenvalue weighted by atomic mass is 79.9. The van der Waals surface area contributed by atoms with Crippen molar-refractivity contribution in [2.45, 2.75) is 89.0 Å². The maximum absolute atomic E-state index is 14.3. The van der Waals surface area contributed by atoms with Crippen LogP contribution >= 0.6 is 15.9 Å². The maximum atomic E-state index is 14.3. The smallest absolute Gasteiger partial charge is 0.407 e. The molecule has 0 saturated carbocycles. The Morgan fingerprint density at radius 3 is 2.55 bits per heavy atom. The number of carbonyl (C=O) groups is 2. The lowest BCUT2D eigenvalue weighted by atomic mass is 10.0. The second-order valence-corrected chi connectivity index (χ2v) is 17.1. The fourth-order valence-electron chi connectivity index (χ4n) is 6.27. The zero-order chi connectivity index (χ0) is 36.9. The molecule has 15 heteroatoms. The second-order valence-electron chi connectivity index (χ2n) is 14.4. The van der Waals surface area contributed by atoms with Gasteiger partial charge in [-0.05, 0) is 79.2 Å². The summed E-state index contributed by atoms with van der Waals surface area (Å²) in [4.78, 5) is 25.4. The molecule has 2 aliphatic rings. The number of nitrogens with zero attached hydrogens (tertiary/aromatic N) is 1. The molecule has 2 fully saturated rings. The Labute approximate surface area is 307 Å². The van der Waals surface area contributed by atoms with Crippen LogP contribution in [0.5, 0.6) is 0 Å². The quantitative estimate of drug-likeness (QED) is 0.182. The lowest BCUT2D eigenvalue weighted by molar-refractivity contribution is -0.153. The zero-order valence-electron chi connectivity index (χ0n) is 29.6. The number of ether oxygens (including phenoxy) is 4. The van der Waals surface area contributed by atoms with Gasteiger partial charge >= 0.3 is 12.1 Å². The van der Waals surface area contributed by atoms with Crippen LogP contribution in [0.15, 0.2) is 62.5 Å². The summed E-state index contributed by atoms with van der Waals surface area (Å²) < 4.78 is 58.3. The molecule has 0 aliphatic carbocycles. The highest BCUT2D eigenvalue weighted by molar-refractivity contribution is 9.10. The molecular weight excluding hydrogens is 746 g/mol. The fraction of sp³-hybridized carbons (Fsp3) is 0.556. The van der Waals surface area contributed by atoms with Crippen LogP contribution in [-0.4, -0.2) is 92.9 Å². The van der Waals surface area contributed by atoms with Gasteiger partial charge in [-0.15, -0.1) is 0 Å². The molecule has 2 aliphatic heterocycles. The number of benzene rings is 2. The largest absolute Gasteiger partial charge is 0.459 e. The van der Waals surface area contributed by atoms with E-state index >= 15 is 0 Å². The SMILES string of the molecule is CC(C)CN(C[C@@H](O)[C@H](Cc1ccccc1)NC(=O)OC1CO[C@H]2OCC[C@@H]12)S(=O)(=O)c1ccc2oc(Br)c(CNCC(=O)OC(C)(C)C)c2c1. The Balaban J connectivity index is 1.34. The fourth-order valence-corrected chi connectivity index (χ4v) is 8.45. The van der Waals surface area contributed by atoms with Crippen LogP contribution in [0.25, 0.3) is 11.0 Å². The summed E-state index contributed by atoms with van der Waals surface area (Å²) in [6.07, 6.45) is -1.95. The molecule has 2 aromatic carbocycles. The van der Waals surface area contributed by atoms with E-state index in [0.29, 0.717) is 34.2 Å². The molecule has 1 unspecified atom stereocenters. The number of furan rings is 1. The van der Waals surface area contributed by atoms with Crippen LogP contribution in [0, 0.1) is 11.8 Å². The Morgan fingerprint density at radius 1 is 1.10 bits per heavy atom. The van der Waals surface area contributed by atoms with E-state index in [1.807, 2.05) is 44.2 Å². The van der Waals surface area contributed by atoms with Gasteiger partial charge in [0.15, 0.2) is 11.0 Å². The Bertz CT molecular complexity index is 1760. The van der Waals surface area contributed by atoms with E-state index in [1.165, 1.54) is 16.4 Å². The monoisotopic (exact) mass is 793 g/mol. The second kappa shape index (κ2) is 16.7. The number of hydrogen-bond donors (Lipinski definition) is 3. The molecule has 1 amide bonds. The van der Waals surface area contributed by atoms with Crippen LogP contribution < -0.4 is 10.6 Å². The predicted octanol–water partition coefficient (Wildman–Crippen LogP) is 4.73. The predicted molar refractivity (Wildman–Crippen MR) is 192 cm³/mol. The maximum Gasteiger partial charge on any atom is 0.407 e. The summed E-state index contributed by atoms with van der Waals surface area (Å²) in [5, 5.41) is 18.1. The molecule has 3 heterocycles. The van der Waals surface area contributed by atoms with E-state index in [4.69, 9.17) is 23.4 Å². The number of aliphatic hydroxyl groups is 1. The Morgan fingerprint density at radius 2 is 1.84 bits per heavy atom. The first-order valence-corrected chi connectivity index (χ1v) is 19.4. The number of aliphatic hydroxyl groups excluding tert-OH is 1. The molecule has 13 nitrogen and oxygen atoms in total. The summed E-state index contributed by atoms with van der Waals surface area (Å²) in [6.45, 7) is 9.86. The molecule has 1 aromatic heterocycles. The molecule has 280 valence electrons. The van der Waals surface area contributed by atoms with E-state index in [1.54, 1.807) is 26.8 Å². The van der Waals surface area contributed by atoms with Crippen molar-refractivity contribution >= 4 is 49.0 Å². The van der Waals surface area contributed by atoms with Crippen molar-refractivity contribution in [3.8, 4) is 0 Å². The van der Waals surface area contributed by atoms with Crippen LogP contribution in [0.4, 0.5) is 4.79 Å². The van der Waals surface area contributed by atoms with Crippen molar-refractivity contribution in [2.75, 3.05) is 32.8 Å². The van der Waals surface area contributed by atoms with Crippen molar-refractivity contribution in [3.05, 3.63) is 64.3 Å². The topological polar surface area (TPSA) is 166 Å². The molecule has 51 heavy (non-hydrogen) atoms. The Kier molecular flexibility index (Phi) is 12.9. The van der Waals surface area contributed by atoms with Gasteiger partial charge in [0.25, 0.3) is 0 Å². The first-order valence-electron chi connectivity index (χ1n) is 17.2. The molecule has 5 atom stereocenters. The van der Waals surface area contributed by atoms with Gasteiger partial charge in [0, 0.05) is 30.6 Å². The van der Waals surface area contributed by atoms with Gasteiger partial charge in [-0.25, -0.2) is 13.2 Å². The normalized spacial score (nSPS) is 20.5. The van der Waals surface area contributed by atoms with Crippen molar-refractivity contribution in [2.24, 2.45) is 11.8 Å². The molecule has 2 saturated heterocycles. The minimum atomic E-state index is -4.16. The van der Waals surface area contributed by atoms with Crippen LogP contribution in [0.3, 0.4) is 0 Å². The zero-order valence-corrected chi connectivity index (χ0v) is 32.0. The van der Waals surface area contributed by atoms with Crippen LogP contribution in [0.2, 0.25) is 0 Å². The van der Waals surface area contributed by atoms with Gasteiger partial charge in [0.1, 0.15) is 17.3 Å². The molecular formula is C36H48BrN3O10S. The average molecular weight is 795 g/mol. The van der Waals surface area contributed by atoms with E-state index in [-0.39, 0.29) is 55.9 Å². The van der Waals surface area contributed by atoms with Crippen molar-refractivity contribution < 1.29 is 46.5 Å². The minimum absolute atomic E-state index is 0.00564. The summed E-state index contributed by atoms with van der Waals surface area (Å²) in [5.41, 5.74) is 1.31. The van der Waals surface area contributed by atoms with Crippen LogP contribution in [-0.2, 0) is 46.7 Å². The van der Waals surface area contributed by atoms with Gasteiger partial charge in [-0.1, -0.05) is 44.2 Å². The average Bonchev–Trinajstić information content (AvgIpc) is 3.75. The van der Waals surface area contributed by atoms with Crippen molar-refractivity contribution in [1.82, 2.24) is 14.9 Å². The molecule has 3 N–H and O–H groups in total. The molecule has 5 rings (SSSR count).